The molecule has 1 N–H and O–H groups in total. The molecule has 2 aromatic rings. The van der Waals surface area contributed by atoms with Gasteiger partial charge in [-0.3, -0.25) is 4.79 Å². The molecular weight excluding hydrogens is 334 g/mol. The highest BCUT2D eigenvalue weighted by atomic mass is 16.6. The number of aromatic nitrogens is 4. The van der Waals surface area contributed by atoms with E-state index in [0.717, 1.165) is 51.1 Å². The average molecular weight is 357 g/mol. The quantitative estimate of drug-likeness (QED) is 0.858. The Morgan fingerprint density at radius 2 is 1.85 bits per heavy atom. The number of fused-ring (bicyclic) bond motifs is 1. The fraction of sp³-hybridized carbons (Fsp3) is 0.706. The van der Waals surface area contributed by atoms with E-state index in [1.54, 1.807) is 0 Å². The van der Waals surface area contributed by atoms with Crippen LogP contribution >= 0.6 is 0 Å². The maximum Gasteiger partial charge on any atom is 0.245 e. The number of carbonyl (C=O) groups excluding carboxylic acids is 1. The monoisotopic (exact) mass is 357 g/mol. The van der Waals surface area contributed by atoms with Crippen molar-refractivity contribution in [2.45, 2.75) is 44.6 Å². The molecule has 3 aliphatic rings. The highest BCUT2D eigenvalue weighted by molar-refractivity contribution is 5.79. The molecule has 1 aliphatic carbocycles. The average Bonchev–Trinajstić information content (AvgIpc) is 3.29. The predicted octanol–water partition coefficient (Wildman–Crippen LogP) is 1.43. The Bertz CT molecular complexity index is 813. The minimum Gasteiger partial charge on any atom is -0.367 e. The van der Waals surface area contributed by atoms with E-state index in [-0.39, 0.29) is 5.91 Å². The summed E-state index contributed by atoms with van der Waals surface area (Å²) in [5.41, 5.74) is 0.849. The van der Waals surface area contributed by atoms with Gasteiger partial charge in [0, 0.05) is 44.6 Å². The molecule has 2 saturated heterocycles. The summed E-state index contributed by atoms with van der Waals surface area (Å²) in [5.74, 6) is 2.13. The van der Waals surface area contributed by atoms with E-state index in [4.69, 9.17) is 4.63 Å². The van der Waals surface area contributed by atoms with Crippen LogP contribution in [-0.2, 0) is 4.79 Å². The van der Waals surface area contributed by atoms with E-state index in [2.05, 4.69) is 30.5 Å². The van der Waals surface area contributed by atoms with Crippen molar-refractivity contribution in [2.24, 2.45) is 5.92 Å². The van der Waals surface area contributed by atoms with Crippen LogP contribution in [0.5, 0.6) is 0 Å². The highest BCUT2D eigenvalue weighted by Crippen LogP contribution is 2.33. The summed E-state index contributed by atoms with van der Waals surface area (Å²) in [6.07, 6.45) is 6.50. The first kappa shape index (κ1) is 15.8. The topological polar surface area (TPSA) is 100 Å². The van der Waals surface area contributed by atoms with Crippen molar-refractivity contribution in [1.29, 1.82) is 0 Å². The number of hydrogen-bond acceptors (Lipinski definition) is 8. The molecule has 0 bridgehead atoms. The SMILES string of the molecule is O=C1CC(CNc2nc3nonc3nc2N2CCCCC2)CN1C1CC1. The smallest absolute Gasteiger partial charge is 0.245 e. The van der Waals surface area contributed by atoms with Crippen molar-refractivity contribution in [3.8, 4) is 0 Å². The van der Waals surface area contributed by atoms with Gasteiger partial charge < -0.3 is 15.1 Å². The number of nitrogens with zero attached hydrogens (tertiary/aromatic N) is 6. The van der Waals surface area contributed by atoms with E-state index < -0.39 is 0 Å². The van der Waals surface area contributed by atoms with Gasteiger partial charge in [-0.05, 0) is 42.4 Å². The Labute approximate surface area is 151 Å². The summed E-state index contributed by atoms with van der Waals surface area (Å²) in [5, 5.41) is 11.1. The van der Waals surface area contributed by atoms with E-state index in [9.17, 15) is 4.79 Å². The standard InChI is InChI=1S/C17H23N7O2/c25-13-8-11(10-24(13)12-4-5-12)9-18-16-17(23-6-2-1-3-7-23)20-15-14(19-16)21-26-22-15/h11-12H,1-10H2,(H,18,19,21). The van der Waals surface area contributed by atoms with Crippen LogP contribution in [0.25, 0.3) is 11.3 Å². The Balaban J connectivity index is 1.34. The summed E-state index contributed by atoms with van der Waals surface area (Å²) < 4.78 is 4.78. The fourth-order valence-electron chi connectivity index (χ4n) is 4.00. The van der Waals surface area contributed by atoms with E-state index in [1.807, 2.05) is 4.90 Å². The van der Waals surface area contributed by atoms with Crippen molar-refractivity contribution >= 4 is 28.8 Å². The lowest BCUT2D eigenvalue weighted by Gasteiger charge is -2.29. The van der Waals surface area contributed by atoms with E-state index >= 15 is 0 Å². The maximum absolute atomic E-state index is 12.2. The van der Waals surface area contributed by atoms with Gasteiger partial charge in [0.25, 0.3) is 0 Å². The lowest BCUT2D eigenvalue weighted by molar-refractivity contribution is -0.128. The molecule has 138 valence electrons. The van der Waals surface area contributed by atoms with Gasteiger partial charge in [-0.2, -0.15) is 0 Å². The molecule has 1 atom stereocenters. The van der Waals surface area contributed by atoms with Gasteiger partial charge in [0.05, 0.1) is 0 Å². The fourth-order valence-corrected chi connectivity index (χ4v) is 4.00. The molecule has 4 heterocycles. The van der Waals surface area contributed by atoms with Gasteiger partial charge in [-0.1, -0.05) is 0 Å². The summed E-state index contributed by atoms with van der Waals surface area (Å²) in [7, 11) is 0. The molecule has 1 amide bonds. The van der Waals surface area contributed by atoms with Crippen molar-refractivity contribution in [1.82, 2.24) is 25.2 Å². The summed E-state index contributed by atoms with van der Waals surface area (Å²) in [6.45, 7) is 3.49. The number of amides is 1. The molecule has 1 unspecified atom stereocenters. The number of anilines is 2. The molecule has 0 radical (unpaired) electrons. The van der Waals surface area contributed by atoms with Gasteiger partial charge >= 0.3 is 0 Å². The Morgan fingerprint density at radius 1 is 1.08 bits per heavy atom. The lowest BCUT2D eigenvalue weighted by Crippen LogP contribution is -2.32. The van der Waals surface area contributed by atoms with Crippen LogP contribution in [0.1, 0.15) is 38.5 Å². The molecule has 26 heavy (non-hydrogen) atoms. The number of nitrogens with one attached hydrogen (secondary N) is 1. The van der Waals surface area contributed by atoms with Crippen molar-refractivity contribution < 1.29 is 9.42 Å². The van der Waals surface area contributed by atoms with Gasteiger partial charge in [-0.15, -0.1) is 0 Å². The molecule has 2 aliphatic heterocycles. The third-order valence-electron chi connectivity index (χ3n) is 5.54. The van der Waals surface area contributed by atoms with Gasteiger partial charge in [-0.25, -0.2) is 14.6 Å². The van der Waals surface area contributed by atoms with Crippen molar-refractivity contribution in [3.05, 3.63) is 0 Å². The van der Waals surface area contributed by atoms with Gasteiger partial charge in [0.2, 0.25) is 17.2 Å². The van der Waals surface area contributed by atoms with Crippen molar-refractivity contribution in [3.63, 3.8) is 0 Å². The lowest BCUT2D eigenvalue weighted by atomic mass is 10.1. The van der Waals surface area contributed by atoms with Crippen LogP contribution in [0.4, 0.5) is 11.6 Å². The summed E-state index contributed by atoms with van der Waals surface area (Å²) in [4.78, 5) is 25.7. The molecule has 2 aromatic heterocycles. The first-order chi connectivity index (χ1) is 12.8. The minimum atomic E-state index is 0.290. The Kier molecular flexibility index (Phi) is 3.86. The Morgan fingerprint density at radius 3 is 2.62 bits per heavy atom. The van der Waals surface area contributed by atoms with Crippen LogP contribution < -0.4 is 10.2 Å². The normalized spacial score (nSPS) is 23.8. The molecule has 0 aromatic carbocycles. The van der Waals surface area contributed by atoms with Crippen LogP contribution in [-0.4, -0.2) is 63.3 Å². The first-order valence-electron chi connectivity index (χ1n) is 9.56. The minimum absolute atomic E-state index is 0.290. The molecule has 9 heteroatoms. The second-order valence-electron chi connectivity index (χ2n) is 7.58. The van der Waals surface area contributed by atoms with Crippen molar-refractivity contribution in [2.75, 3.05) is 36.4 Å². The number of hydrogen-bond donors (Lipinski definition) is 1. The summed E-state index contributed by atoms with van der Waals surface area (Å²) in [6, 6.07) is 0.494. The number of carbonyl (C=O) groups is 1. The van der Waals surface area contributed by atoms with E-state index in [1.165, 1.54) is 6.42 Å². The predicted molar refractivity (Wildman–Crippen MR) is 94.8 cm³/mol. The highest BCUT2D eigenvalue weighted by Gasteiger charge is 2.39. The molecule has 0 spiro atoms. The zero-order chi connectivity index (χ0) is 17.5. The number of likely N-dealkylation sites (tertiary alicyclic amines) is 1. The zero-order valence-corrected chi connectivity index (χ0v) is 14.7. The molecule has 5 rings (SSSR count). The number of rotatable bonds is 5. The molecule has 3 fully saturated rings. The third-order valence-corrected chi connectivity index (χ3v) is 5.54. The van der Waals surface area contributed by atoms with Gasteiger partial charge in [0.1, 0.15) is 0 Å². The van der Waals surface area contributed by atoms with Crippen LogP contribution in [0, 0.1) is 5.92 Å². The maximum atomic E-state index is 12.2. The second-order valence-corrected chi connectivity index (χ2v) is 7.58. The van der Waals surface area contributed by atoms with Crippen LogP contribution in [0.15, 0.2) is 4.63 Å². The molecule has 9 nitrogen and oxygen atoms in total. The Hall–Kier alpha value is -2.45. The number of piperidine rings is 1. The molecule has 1 saturated carbocycles. The zero-order valence-electron chi connectivity index (χ0n) is 14.7. The van der Waals surface area contributed by atoms with Crippen LogP contribution in [0.3, 0.4) is 0 Å². The van der Waals surface area contributed by atoms with Gasteiger partial charge in [0.15, 0.2) is 11.6 Å². The molecular formula is C17H23N7O2. The van der Waals surface area contributed by atoms with Crippen LogP contribution in [0.2, 0.25) is 0 Å². The third kappa shape index (κ3) is 2.95. The first-order valence-corrected chi connectivity index (χ1v) is 9.56. The largest absolute Gasteiger partial charge is 0.367 e. The second kappa shape index (κ2) is 6.37. The van der Waals surface area contributed by atoms with E-state index in [0.29, 0.717) is 42.0 Å². The summed E-state index contributed by atoms with van der Waals surface area (Å²) >= 11 is 0.